The number of amides is 1. The van der Waals surface area contributed by atoms with Gasteiger partial charge in [0, 0.05) is 96.0 Å². The van der Waals surface area contributed by atoms with Gasteiger partial charge in [-0.15, -0.1) is 12.3 Å². The number of ether oxygens (including phenoxy) is 2. The molecule has 4 unspecified atom stereocenters. The molecule has 5 aromatic heterocycles. The quantitative estimate of drug-likeness (QED) is 0.0862. The van der Waals surface area contributed by atoms with E-state index < -0.39 is 35.7 Å². The molecule has 0 aromatic carbocycles. The summed E-state index contributed by atoms with van der Waals surface area (Å²) in [6, 6.07) is 2.99. The minimum atomic E-state index is -0.871. The molecule has 16 nitrogen and oxygen atoms in total. The summed E-state index contributed by atoms with van der Waals surface area (Å²) in [4.78, 5) is 55.7. The molecule has 1 saturated carbocycles. The SMILES string of the molecule is C#CC.CC.CC.CC.COc1nc(N(C)C)c2cnc(C)c(F)c2n1.COc1nc(N2CCN(C(=O)/C(F)=C/c3ccnc(C4CC4)n3)CC2)c2cnc(C)c(F)c2n1.FC1CC2CCCN2C1.FC1CC2CCCN2C1. The molecular formula is C57H82F5N13O3. The van der Waals surface area contributed by atoms with E-state index in [0.717, 1.165) is 44.8 Å². The van der Waals surface area contributed by atoms with E-state index in [1.54, 1.807) is 44.1 Å². The number of pyridine rings is 2. The Labute approximate surface area is 458 Å². The lowest BCUT2D eigenvalue weighted by atomic mass is 10.1. The van der Waals surface area contributed by atoms with Gasteiger partial charge < -0.3 is 24.2 Å². The van der Waals surface area contributed by atoms with Crippen LogP contribution in [0.5, 0.6) is 12.0 Å². The fraction of sp³-hybridized carbons (Fsp3) is 0.596. The van der Waals surface area contributed by atoms with Crippen LogP contribution in [-0.2, 0) is 4.79 Å². The zero-order valence-corrected chi connectivity index (χ0v) is 48.1. The molecule has 5 aliphatic heterocycles. The van der Waals surface area contributed by atoms with Crippen molar-refractivity contribution in [3.63, 3.8) is 0 Å². The van der Waals surface area contributed by atoms with Gasteiger partial charge in [0.25, 0.3) is 5.91 Å². The molecule has 21 heteroatoms. The number of alkyl halides is 2. The van der Waals surface area contributed by atoms with Crippen LogP contribution in [0.2, 0.25) is 0 Å². The predicted octanol–water partition coefficient (Wildman–Crippen LogP) is 10.5. The number of carbonyl (C=O) groups excluding carboxylic acids is 1. The van der Waals surface area contributed by atoms with Crippen LogP contribution in [0.1, 0.15) is 129 Å². The number of hydrogen-bond donors (Lipinski definition) is 0. The highest BCUT2D eigenvalue weighted by molar-refractivity contribution is 5.96. The molecule has 5 aromatic rings. The van der Waals surface area contributed by atoms with Gasteiger partial charge in [-0.05, 0) is 91.3 Å². The molecule has 0 N–H and O–H groups in total. The fourth-order valence-corrected chi connectivity index (χ4v) is 9.52. The second kappa shape index (κ2) is 31.9. The van der Waals surface area contributed by atoms with Gasteiger partial charge in [0.1, 0.15) is 40.8 Å². The molecule has 78 heavy (non-hydrogen) atoms. The van der Waals surface area contributed by atoms with E-state index in [9.17, 15) is 26.7 Å². The zero-order valence-electron chi connectivity index (χ0n) is 48.1. The van der Waals surface area contributed by atoms with Crippen molar-refractivity contribution in [3.05, 3.63) is 65.0 Å². The van der Waals surface area contributed by atoms with Crippen molar-refractivity contribution in [2.75, 3.05) is 90.5 Å². The average molecular weight is 1090 g/mol. The third kappa shape index (κ3) is 17.1. The Hall–Kier alpha value is -6.40. The standard InChI is InChI=1S/C23H23F2N7O2.C11H13FN4O.2C7H12FN.C3H4.3C2H6/c1-13-18(25)19-16(12-27-13)21(30-23(29-19)34-2)31-7-9-32(10-8-31)22(33)17(24)11-15-5-6-26-20(28-15)14-3-4-14;1-6-8(12)9-7(5-13-6)10(16(2)3)15-11(14-9)17-4;2*8-6-4-7-2-1-3-9(7)5-6;1-3-2;3*1-2/h5-6,11-12,14H,3-4,7-10H2,1-2H3;5H,1-4H3;2*6-7H,1-5H2;1H,2H3;3*1-2H3/b17-11-;;;;;;;. The molecule has 1 amide bonds. The smallest absolute Gasteiger partial charge is 0.318 e. The molecule has 6 aliphatic rings. The summed E-state index contributed by atoms with van der Waals surface area (Å²) in [7, 11) is 6.50. The number of nitrogens with zero attached hydrogens (tertiary/aromatic N) is 13. The summed E-state index contributed by atoms with van der Waals surface area (Å²) in [5.41, 5.74) is 1.27. The van der Waals surface area contributed by atoms with Gasteiger partial charge in [-0.2, -0.15) is 19.9 Å². The minimum Gasteiger partial charge on any atom is -0.467 e. The van der Waals surface area contributed by atoms with Gasteiger partial charge in [0.15, 0.2) is 17.5 Å². The van der Waals surface area contributed by atoms with E-state index in [0.29, 0.717) is 83.8 Å². The summed E-state index contributed by atoms with van der Waals surface area (Å²) in [5, 5.41) is 1.02. The van der Waals surface area contributed by atoms with E-state index in [4.69, 9.17) is 9.47 Å². The van der Waals surface area contributed by atoms with Crippen molar-refractivity contribution < 1.29 is 36.2 Å². The molecule has 0 radical (unpaired) electrons. The van der Waals surface area contributed by atoms with Crippen LogP contribution in [0.4, 0.5) is 33.6 Å². The van der Waals surface area contributed by atoms with E-state index in [1.807, 2.05) is 60.5 Å². The minimum absolute atomic E-state index is 0.0369. The maximum Gasteiger partial charge on any atom is 0.318 e. The lowest BCUT2D eigenvalue weighted by Crippen LogP contribution is -2.49. The highest BCUT2D eigenvalue weighted by Crippen LogP contribution is 2.38. The number of aromatic nitrogens is 8. The van der Waals surface area contributed by atoms with E-state index in [1.165, 1.54) is 51.0 Å². The van der Waals surface area contributed by atoms with Crippen LogP contribution in [-0.4, -0.2) is 166 Å². The highest BCUT2D eigenvalue weighted by atomic mass is 19.1. The second-order valence-electron chi connectivity index (χ2n) is 18.7. The van der Waals surface area contributed by atoms with Crippen molar-refractivity contribution >= 4 is 45.4 Å². The monoisotopic (exact) mass is 1090 g/mol. The lowest BCUT2D eigenvalue weighted by molar-refractivity contribution is -0.128. The van der Waals surface area contributed by atoms with Gasteiger partial charge in [-0.25, -0.2) is 31.9 Å². The Bertz CT molecular complexity index is 2700. The van der Waals surface area contributed by atoms with Gasteiger partial charge in [0.2, 0.25) is 0 Å². The molecule has 5 saturated heterocycles. The third-order valence-corrected chi connectivity index (χ3v) is 13.3. The van der Waals surface area contributed by atoms with Gasteiger partial charge in [0.05, 0.1) is 42.1 Å². The van der Waals surface area contributed by atoms with Crippen molar-refractivity contribution in [1.82, 2.24) is 54.6 Å². The molecule has 11 rings (SSSR count). The molecule has 1 aliphatic carbocycles. The summed E-state index contributed by atoms with van der Waals surface area (Å²) >= 11 is 0. The summed E-state index contributed by atoms with van der Waals surface area (Å²) in [6.45, 7) is 21.8. The van der Waals surface area contributed by atoms with Gasteiger partial charge >= 0.3 is 12.0 Å². The van der Waals surface area contributed by atoms with E-state index in [-0.39, 0.29) is 41.8 Å². The van der Waals surface area contributed by atoms with E-state index >= 15 is 0 Å². The van der Waals surface area contributed by atoms with Crippen LogP contribution in [0, 0.1) is 37.8 Å². The van der Waals surface area contributed by atoms with Crippen molar-refractivity contribution in [1.29, 1.82) is 0 Å². The number of aryl methyl sites for hydroxylation is 2. The number of fused-ring (bicyclic) bond motifs is 4. The number of piperazine rings is 1. The first kappa shape index (κ1) is 64.1. The Morgan fingerprint density at radius 3 is 1.68 bits per heavy atom. The number of halogens is 5. The first-order chi connectivity index (χ1) is 37.6. The zero-order chi connectivity index (χ0) is 57.6. The fourth-order valence-electron chi connectivity index (χ4n) is 9.52. The summed E-state index contributed by atoms with van der Waals surface area (Å²) in [6.07, 6.45) is 18.1. The molecule has 0 spiro atoms. The van der Waals surface area contributed by atoms with Crippen LogP contribution in [0.15, 0.2) is 30.5 Å². The topological polar surface area (TPSA) is 155 Å². The number of methoxy groups -OCH3 is 2. The molecule has 0 bridgehead atoms. The lowest BCUT2D eigenvalue weighted by Gasteiger charge is -2.35. The maximum absolute atomic E-state index is 14.7. The number of terminal acetylenes is 1. The van der Waals surface area contributed by atoms with Crippen LogP contribution in [0.3, 0.4) is 0 Å². The van der Waals surface area contributed by atoms with Crippen LogP contribution in [0.25, 0.3) is 27.9 Å². The first-order valence-electron chi connectivity index (χ1n) is 27.4. The molecule has 6 fully saturated rings. The van der Waals surface area contributed by atoms with Crippen LogP contribution >= 0.6 is 0 Å². The summed E-state index contributed by atoms with van der Waals surface area (Å²) in [5.74, 6) is 1.79. The Balaban J connectivity index is 0.000000245. The van der Waals surface area contributed by atoms with Crippen molar-refractivity contribution in [2.24, 2.45) is 0 Å². The predicted molar refractivity (Wildman–Crippen MR) is 300 cm³/mol. The molecule has 4 atom stereocenters. The second-order valence-corrected chi connectivity index (χ2v) is 18.7. The van der Waals surface area contributed by atoms with Crippen molar-refractivity contribution in [2.45, 2.75) is 144 Å². The first-order valence-corrected chi connectivity index (χ1v) is 27.4. The summed E-state index contributed by atoms with van der Waals surface area (Å²) < 4.78 is 78.6. The third-order valence-electron chi connectivity index (χ3n) is 13.3. The average Bonchev–Trinajstić information content (AvgIpc) is 3.70. The molecule has 10 heterocycles. The molecule has 428 valence electrons. The Morgan fingerprint density at radius 1 is 0.718 bits per heavy atom. The number of anilines is 2. The molecular weight excluding hydrogens is 1010 g/mol. The van der Waals surface area contributed by atoms with Gasteiger partial charge in [-0.1, -0.05) is 41.5 Å². The van der Waals surface area contributed by atoms with Crippen LogP contribution < -0.4 is 19.3 Å². The van der Waals surface area contributed by atoms with E-state index in [2.05, 4.69) is 62.0 Å². The number of hydrogen-bond acceptors (Lipinski definition) is 15. The van der Waals surface area contributed by atoms with Crippen molar-refractivity contribution in [3.8, 4) is 24.4 Å². The Morgan fingerprint density at radius 2 is 1.21 bits per heavy atom. The maximum atomic E-state index is 14.7. The van der Waals surface area contributed by atoms with Gasteiger partial charge in [-0.3, -0.25) is 24.6 Å². The largest absolute Gasteiger partial charge is 0.467 e. The highest BCUT2D eigenvalue weighted by Gasteiger charge is 2.36. The Kier molecular flexibility index (Phi) is 26.2. The normalized spacial score (nSPS) is 20.0. The number of rotatable bonds is 7. The number of carbonyl (C=O) groups is 1.